The van der Waals surface area contributed by atoms with Crippen LogP contribution < -0.4 is 4.90 Å². The number of hydrogen-bond acceptors (Lipinski definition) is 6. The first kappa shape index (κ1) is 19.1. The monoisotopic (exact) mass is 388 g/mol. The molecule has 8 heteroatoms. The van der Waals surface area contributed by atoms with E-state index in [9.17, 15) is 4.79 Å². The van der Waals surface area contributed by atoms with Crippen LogP contribution in [0.4, 0.5) is 10.6 Å². The number of carbonyl (C=O) groups is 1. The SMILES string of the molecule is CN(C(=O)OC(C)(C)C)c1cc2c(C3CCC4(CC3)OCCO4)[nH]nc2cn1. The summed E-state index contributed by atoms with van der Waals surface area (Å²) < 4.78 is 17.1. The topological polar surface area (TPSA) is 89.6 Å². The zero-order valence-electron chi connectivity index (χ0n) is 16.9. The van der Waals surface area contributed by atoms with Crippen molar-refractivity contribution in [1.29, 1.82) is 0 Å². The maximum Gasteiger partial charge on any atom is 0.415 e. The van der Waals surface area contributed by atoms with Gasteiger partial charge in [0.2, 0.25) is 0 Å². The van der Waals surface area contributed by atoms with E-state index in [4.69, 9.17) is 14.2 Å². The number of pyridine rings is 1. The van der Waals surface area contributed by atoms with E-state index in [1.807, 2.05) is 26.8 Å². The Balaban J connectivity index is 1.54. The molecule has 1 aliphatic carbocycles. The van der Waals surface area contributed by atoms with Crippen molar-refractivity contribution < 1.29 is 19.0 Å². The summed E-state index contributed by atoms with van der Waals surface area (Å²) in [6.45, 7) is 6.90. The highest BCUT2D eigenvalue weighted by Gasteiger charge is 2.41. The van der Waals surface area contributed by atoms with E-state index in [0.29, 0.717) is 24.9 Å². The van der Waals surface area contributed by atoms with Crippen LogP contribution in [0.1, 0.15) is 58.1 Å². The average Bonchev–Trinajstić information content (AvgIpc) is 3.27. The molecule has 2 aromatic rings. The first-order chi connectivity index (χ1) is 13.3. The quantitative estimate of drug-likeness (QED) is 0.843. The van der Waals surface area contributed by atoms with Gasteiger partial charge in [-0.2, -0.15) is 5.10 Å². The van der Waals surface area contributed by atoms with Gasteiger partial charge in [0.1, 0.15) is 16.9 Å². The van der Waals surface area contributed by atoms with Gasteiger partial charge < -0.3 is 14.2 Å². The fraction of sp³-hybridized carbons (Fsp3) is 0.650. The van der Waals surface area contributed by atoms with E-state index < -0.39 is 11.7 Å². The van der Waals surface area contributed by atoms with Gasteiger partial charge in [-0.15, -0.1) is 0 Å². The average molecular weight is 388 g/mol. The van der Waals surface area contributed by atoms with Crippen molar-refractivity contribution in [3.05, 3.63) is 18.0 Å². The second-order valence-corrected chi connectivity index (χ2v) is 8.62. The van der Waals surface area contributed by atoms with E-state index >= 15 is 0 Å². The van der Waals surface area contributed by atoms with Crippen molar-refractivity contribution in [3.8, 4) is 0 Å². The molecule has 4 rings (SSSR count). The van der Waals surface area contributed by atoms with Crippen LogP contribution in [-0.2, 0) is 14.2 Å². The molecule has 8 nitrogen and oxygen atoms in total. The number of anilines is 1. The summed E-state index contributed by atoms with van der Waals surface area (Å²) in [5.41, 5.74) is 1.33. The van der Waals surface area contributed by atoms with Gasteiger partial charge in [-0.3, -0.25) is 10.00 Å². The van der Waals surface area contributed by atoms with Crippen LogP contribution in [0, 0.1) is 0 Å². The van der Waals surface area contributed by atoms with Crippen LogP contribution in [0.15, 0.2) is 12.3 Å². The van der Waals surface area contributed by atoms with Crippen LogP contribution in [-0.4, -0.2) is 52.9 Å². The molecule has 152 valence electrons. The second-order valence-electron chi connectivity index (χ2n) is 8.62. The molecule has 3 heterocycles. The summed E-state index contributed by atoms with van der Waals surface area (Å²) in [6, 6.07) is 1.91. The fourth-order valence-corrected chi connectivity index (χ4v) is 3.97. The number of hydrogen-bond donors (Lipinski definition) is 1. The predicted molar refractivity (Wildman–Crippen MR) is 104 cm³/mol. The lowest BCUT2D eigenvalue weighted by molar-refractivity contribution is -0.178. The van der Waals surface area contributed by atoms with E-state index in [1.165, 1.54) is 4.90 Å². The second kappa shape index (κ2) is 7.00. The molecule has 1 aliphatic heterocycles. The van der Waals surface area contributed by atoms with Gasteiger partial charge >= 0.3 is 6.09 Å². The van der Waals surface area contributed by atoms with Gasteiger partial charge in [0.25, 0.3) is 0 Å². The lowest BCUT2D eigenvalue weighted by atomic mass is 9.82. The van der Waals surface area contributed by atoms with Gasteiger partial charge in [-0.25, -0.2) is 9.78 Å². The Bertz CT molecular complexity index is 857. The maximum atomic E-state index is 12.4. The van der Waals surface area contributed by atoms with E-state index in [1.54, 1.807) is 13.2 Å². The third-order valence-corrected chi connectivity index (χ3v) is 5.44. The van der Waals surface area contributed by atoms with Crippen LogP contribution in [0.5, 0.6) is 0 Å². The van der Waals surface area contributed by atoms with Crippen LogP contribution in [0.25, 0.3) is 10.9 Å². The minimum absolute atomic E-state index is 0.352. The van der Waals surface area contributed by atoms with Crippen molar-refractivity contribution in [1.82, 2.24) is 15.2 Å². The zero-order valence-corrected chi connectivity index (χ0v) is 16.9. The third kappa shape index (κ3) is 3.71. The summed E-state index contributed by atoms with van der Waals surface area (Å²) in [7, 11) is 1.67. The number of nitrogens with zero attached hydrogens (tertiary/aromatic N) is 3. The highest BCUT2D eigenvalue weighted by atomic mass is 16.7. The zero-order chi connectivity index (χ0) is 19.9. The standard InChI is InChI=1S/C20H28N4O4/c1-19(2,3)28-18(25)24(4)16-11-14-15(12-21-16)22-23-17(14)13-5-7-20(8-6-13)26-9-10-27-20/h11-13H,5-10H2,1-4H3,(H,22,23). The molecular weight excluding hydrogens is 360 g/mol. The molecule has 0 unspecified atom stereocenters. The molecule has 0 aromatic carbocycles. The highest BCUT2D eigenvalue weighted by Crippen LogP contribution is 2.43. The molecular formula is C20H28N4O4. The summed E-state index contributed by atoms with van der Waals surface area (Å²) >= 11 is 0. The molecule has 1 spiro atoms. The molecule has 1 saturated carbocycles. The number of amides is 1. The number of aromatic amines is 1. The Kier molecular flexibility index (Phi) is 4.79. The molecule has 28 heavy (non-hydrogen) atoms. The Hall–Kier alpha value is -2.19. The largest absolute Gasteiger partial charge is 0.443 e. The minimum Gasteiger partial charge on any atom is -0.443 e. The fourth-order valence-electron chi connectivity index (χ4n) is 3.97. The normalized spacial score (nSPS) is 20.0. The Morgan fingerprint density at radius 3 is 2.61 bits per heavy atom. The summed E-state index contributed by atoms with van der Waals surface area (Å²) in [4.78, 5) is 18.2. The third-order valence-electron chi connectivity index (χ3n) is 5.44. The summed E-state index contributed by atoms with van der Waals surface area (Å²) in [6.07, 6.45) is 4.97. The maximum absolute atomic E-state index is 12.4. The molecule has 1 saturated heterocycles. The number of ether oxygens (including phenoxy) is 3. The highest BCUT2D eigenvalue weighted by molar-refractivity contribution is 5.90. The number of fused-ring (bicyclic) bond motifs is 1. The lowest BCUT2D eigenvalue weighted by Gasteiger charge is -2.35. The van der Waals surface area contributed by atoms with E-state index in [0.717, 1.165) is 42.3 Å². The van der Waals surface area contributed by atoms with Crippen molar-refractivity contribution in [2.45, 2.75) is 63.8 Å². The van der Waals surface area contributed by atoms with Crippen LogP contribution in [0.3, 0.4) is 0 Å². The minimum atomic E-state index is -0.557. The number of aromatic nitrogens is 3. The van der Waals surface area contributed by atoms with Crippen molar-refractivity contribution >= 4 is 22.8 Å². The van der Waals surface area contributed by atoms with E-state index in [-0.39, 0.29) is 5.79 Å². The molecule has 1 N–H and O–H groups in total. The van der Waals surface area contributed by atoms with Crippen molar-refractivity contribution in [3.63, 3.8) is 0 Å². The number of nitrogens with one attached hydrogen (secondary N) is 1. The molecule has 1 amide bonds. The van der Waals surface area contributed by atoms with Crippen LogP contribution >= 0.6 is 0 Å². The number of carbonyl (C=O) groups excluding carboxylic acids is 1. The predicted octanol–water partition coefficient (Wildman–Crippen LogP) is 3.73. The molecule has 2 fully saturated rings. The molecule has 2 aromatic heterocycles. The molecule has 0 radical (unpaired) electrons. The van der Waals surface area contributed by atoms with E-state index in [2.05, 4.69) is 15.2 Å². The first-order valence-electron chi connectivity index (χ1n) is 9.85. The summed E-state index contributed by atoms with van der Waals surface area (Å²) in [5.74, 6) is 0.514. The van der Waals surface area contributed by atoms with Gasteiger partial charge in [0.15, 0.2) is 5.79 Å². The Morgan fingerprint density at radius 1 is 1.29 bits per heavy atom. The van der Waals surface area contributed by atoms with Gasteiger partial charge in [0, 0.05) is 36.9 Å². The number of H-pyrrole nitrogens is 1. The molecule has 0 atom stereocenters. The molecule has 2 aliphatic rings. The molecule has 0 bridgehead atoms. The lowest BCUT2D eigenvalue weighted by Crippen LogP contribution is -2.34. The van der Waals surface area contributed by atoms with Crippen molar-refractivity contribution in [2.24, 2.45) is 0 Å². The van der Waals surface area contributed by atoms with Crippen LogP contribution in [0.2, 0.25) is 0 Å². The van der Waals surface area contributed by atoms with Gasteiger partial charge in [0.05, 0.1) is 19.4 Å². The van der Waals surface area contributed by atoms with Gasteiger partial charge in [-0.1, -0.05) is 0 Å². The van der Waals surface area contributed by atoms with Crippen molar-refractivity contribution in [2.75, 3.05) is 25.2 Å². The smallest absolute Gasteiger partial charge is 0.415 e. The van der Waals surface area contributed by atoms with Gasteiger partial charge in [-0.05, 0) is 39.7 Å². The first-order valence-corrected chi connectivity index (χ1v) is 9.85. The number of rotatable bonds is 2. The Morgan fingerprint density at radius 2 is 1.96 bits per heavy atom. The Labute approximate surface area is 164 Å². The summed E-state index contributed by atoms with van der Waals surface area (Å²) in [5, 5.41) is 8.59.